The minimum absolute atomic E-state index is 0.0266. The molecule has 0 aliphatic rings. The second-order valence-corrected chi connectivity index (χ2v) is 7.62. The van der Waals surface area contributed by atoms with Gasteiger partial charge >= 0.3 is 6.61 Å². The van der Waals surface area contributed by atoms with Crippen LogP contribution in [0.3, 0.4) is 0 Å². The highest BCUT2D eigenvalue weighted by Crippen LogP contribution is 2.16. The Morgan fingerprint density at radius 2 is 1.66 bits per heavy atom. The van der Waals surface area contributed by atoms with E-state index in [0.29, 0.717) is 17.9 Å². The van der Waals surface area contributed by atoms with Crippen molar-refractivity contribution in [2.75, 3.05) is 13.2 Å². The first-order valence-corrected chi connectivity index (χ1v) is 10.3. The fourth-order valence-corrected chi connectivity index (χ4v) is 3.37. The molecule has 2 aromatic rings. The van der Waals surface area contributed by atoms with Crippen LogP contribution in [0.4, 0.5) is 8.78 Å². The van der Waals surface area contributed by atoms with Crippen molar-refractivity contribution in [2.24, 2.45) is 0 Å². The first-order valence-electron chi connectivity index (χ1n) is 8.83. The number of nitrogens with one attached hydrogen (secondary N) is 2. The Balaban J connectivity index is 1.75. The van der Waals surface area contributed by atoms with Crippen molar-refractivity contribution in [1.29, 1.82) is 0 Å². The third-order valence-corrected chi connectivity index (χ3v) is 5.20. The zero-order valence-electron chi connectivity index (χ0n) is 15.7. The fourth-order valence-electron chi connectivity index (χ4n) is 2.34. The second kappa shape index (κ2) is 10.7. The van der Waals surface area contributed by atoms with Crippen LogP contribution in [-0.4, -0.2) is 34.1 Å². The van der Waals surface area contributed by atoms with Gasteiger partial charge in [0, 0.05) is 19.5 Å². The normalized spacial score (nSPS) is 11.3. The maximum absolute atomic E-state index is 12.2. The van der Waals surface area contributed by atoms with Gasteiger partial charge in [-0.1, -0.05) is 12.1 Å². The highest BCUT2D eigenvalue weighted by molar-refractivity contribution is 7.89. The van der Waals surface area contributed by atoms with Crippen LogP contribution in [-0.2, 0) is 21.4 Å². The Morgan fingerprint density at radius 3 is 2.24 bits per heavy atom. The van der Waals surface area contributed by atoms with Crippen LogP contribution in [0.1, 0.15) is 18.9 Å². The van der Waals surface area contributed by atoms with E-state index in [1.54, 1.807) is 24.3 Å². The van der Waals surface area contributed by atoms with Gasteiger partial charge in [-0.3, -0.25) is 4.79 Å². The number of carbonyl (C=O) groups excluding carboxylic acids is 1. The Labute approximate surface area is 168 Å². The van der Waals surface area contributed by atoms with Gasteiger partial charge in [0.1, 0.15) is 11.5 Å². The first kappa shape index (κ1) is 22.6. The molecule has 0 spiro atoms. The predicted octanol–water partition coefficient (Wildman–Crippen LogP) is 2.67. The average Bonchev–Trinajstić information content (AvgIpc) is 2.67. The molecule has 0 atom stereocenters. The van der Waals surface area contributed by atoms with Crippen LogP contribution in [0.2, 0.25) is 0 Å². The van der Waals surface area contributed by atoms with Gasteiger partial charge in [-0.2, -0.15) is 8.78 Å². The fraction of sp³-hybridized carbons (Fsp3) is 0.316. The van der Waals surface area contributed by atoms with Crippen LogP contribution in [0.25, 0.3) is 0 Å². The first-order chi connectivity index (χ1) is 13.8. The molecule has 29 heavy (non-hydrogen) atoms. The predicted molar refractivity (Wildman–Crippen MR) is 102 cm³/mol. The number of alkyl halides is 2. The number of amides is 1. The third kappa shape index (κ3) is 7.66. The van der Waals surface area contributed by atoms with Gasteiger partial charge in [-0.05, 0) is 48.9 Å². The molecule has 10 heteroatoms. The lowest BCUT2D eigenvalue weighted by Crippen LogP contribution is -2.30. The summed E-state index contributed by atoms with van der Waals surface area (Å²) in [5, 5.41) is 2.63. The summed E-state index contributed by atoms with van der Waals surface area (Å²) in [4.78, 5) is 12.0. The Hall–Kier alpha value is -2.72. The summed E-state index contributed by atoms with van der Waals surface area (Å²) in [6, 6.07) is 11.8. The van der Waals surface area contributed by atoms with Gasteiger partial charge in [-0.15, -0.1) is 0 Å². The second-order valence-electron chi connectivity index (χ2n) is 5.85. The molecule has 0 radical (unpaired) electrons. The molecule has 0 heterocycles. The number of carbonyl (C=O) groups is 1. The minimum atomic E-state index is -3.73. The highest BCUT2D eigenvalue weighted by Gasteiger charge is 2.14. The molecule has 2 N–H and O–H groups in total. The van der Waals surface area contributed by atoms with Gasteiger partial charge in [-0.25, -0.2) is 13.1 Å². The SMILES string of the molecule is CCOc1ccc(S(=O)(=O)NCCC(=O)NCc2ccc(OC(F)F)cc2)cc1. The molecule has 7 nitrogen and oxygen atoms in total. The van der Waals surface area contributed by atoms with Gasteiger partial charge in [0.25, 0.3) is 0 Å². The molecule has 0 saturated carbocycles. The van der Waals surface area contributed by atoms with E-state index in [0.717, 1.165) is 0 Å². The van der Waals surface area contributed by atoms with Gasteiger partial charge in [0.15, 0.2) is 0 Å². The van der Waals surface area contributed by atoms with Crippen molar-refractivity contribution in [3.63, 3.8) is 0 Å². The lowest BCUT2D eigenvalue weighted by molar-refractivity contribution is -0.121. The Morgan fingerprint density at radius 1 is 1.03 bits per heavy atom. The quantitative estimate of drug-likeness (QED) is 0.574. The third-order valence-electron chi connectivity index (χ3n) is 3.73. The highest BCUT2D eigenvalue weighted by atomic mass is 32.2. The number of hydrogen-bond acceptors (Lipinski definition) is 5. The maximum Gasteiger partial charge on any atom is 0.387 e. The van der Waals surface area contributed by atoms with E-state index in [-0.39, 0.29) is 36.1 Å². The standard InChI is InChI=1S/C19H22F2N2O5S/c1-2-27-15-7-9-17(10-8-15)29(25,26)23-12-11-18(24)22-13-14-3-5-16(6-4-14)28-19(20)21/h3-10,19,23H,2,11-13H2,1H3,(H,22,24). The van der Waals surface area contributed by atoms with Crippen molar-refractivity contribution < 1.29 is 31.5 Å². The van der Waals surface area contributed by atoms with Crippen molar-refractivity contribution in [3.8, 4) is 11.5 Å². The lowest BCUT2D eigenvalue weighted by atomic mass is 10.2. The molecule has 0 bridgehead atoms. The molecule has 158 valence electrons. The summed E-state index contributed by atoms with van der Waals surface area (Å²) in [5.41, 5.74) is 0.690. The van der Waals surface area contributed by atoms with Crippen molar-refractivity contribution in [2.45, 2.75) is 31.4 Å². The van der Waals surface area contributed by atoms with Crippen molar-refractivity contribution in [3.05, 3.63) is 54.1 Å². The Bertz CT molecular complexity index is 888. The van der Waals surface area contributed by atoms with Crippen LogP contribution in [0.5, 0.6) is 11.5 Å². The molecule has 0 aliphatic heterocycles. The van der Waals surface area contributed by atoms with E-state index < -0.39 is 16.6 Å². The molecule has 0 saturated heterocycles. The van der Waals surface area contributed by atoms with Crippen LogP contribution < -0.4 is 19.5 Å². The monoisotopic (exact) mass is 428 g/mol. The zero-order valence-corrected chi connectivity index (χ0v) is 16.5. The topological polar surface area (TPSA) is 93.7 Å². The largest absolute Gasteiger partial charge is 0.494 e. The van der Waals surface area contributed by atoms with E-state index in [1.807, 2.05) is 6.92 Å². The maximum atomic E-state index is 12.2. The van der Waals surface area contributed by atoms with Gasteiger partial charge < -0.3 is 14.8 Å². The Kier molecular flexibility index (Phi) is 8.34. The van der Waals surface area contributed by atoms with E-state index in [9.17, 15) is 22.0 Å². The molecular formula is C19H22F2N2O5S. The van der Waals surface area contributed by atoms with E-state index in [4.69, 9.17) is 4.74 Å². The smallest absolute Gasteiger partial charge is 0.387 e. The lowest BCUT2D eigenvalue weighted by Gasteiger charge is -2.09. The summed E-state index contributed by atoms with van der Waals surface area (Å²) in [7, 11) is -3.73. The van der Waals surface area contributed by atoms with E-state index in [1.165, 1.54) is 24.3 Å². The summed E-state index contributed by atoms with van der Waals surface area (Å²) >= 11 is 0. The summed E-state index contributed by atoms with van der Waals surface area (Å²) in [5.74, 6) is 0.241. The summed E-state index contributed by atoms with van der Waals surface area (Å²) in [6.45, 7) is -0.476. The number of ether oxygens (including phenoxy) is 2. The summed E-state index contributed by atoms with van der Waals surface area (Å²) < 4.78 is 60.5. The molecule has 0 aliphatic carbocycles. The van der Waals surface area contributed by atoms with Crippen molar-refractivity contribution in [1.82, 2.24) is 10.0 Å². The van der Waals surface area contributed by atoms with E-state index in [2.05, 4.69) is 14.8 Å². The molecule has 0 fully saturated rings. The molecule has 2 rings (SSSR count). The van der Waals surface area contributed by atoms with Crippen LogP contribution >= 0.6 is 0 Å². The van der Waals surface area contributed by atoms with Crippen molar-refractivity contribution >= 4 is 15.9 Å². The average molecular weight is 428 g/mol. The molecule has 0 unspecified atom stereocenters. The number of rotatable bonds is 11. The molecular weight excluding hydrogens is 406 g/mol. The van der Waals surface area contributed by atoms with Gasteiger partial charge in [0.05, 0.1) is 11.5 Å². The number of hydrogen-bond donors (Lipinski definition) is 2. The molecule has 2 aromatic carbocycles. The van der Waals surface area contributed by atoms with E-state index >= 15 is 0 Å². The molecule has 0 aromatic heterocycles. The number of benzene rings is 2. The van der Waals surface area contributed by atoms with Crippen LogP contribution in [0.15, 0.2) is 53.4 Å². The van der Waals surface area contributed by atoms with Crippen LogP contribution in [0, 0.1) is 0 Å². The summed E-state index contributed by atoms with van der Waals surface area (Å²) in [6.07, 6.45) is -0.0527. The molecule has 1 amide bonds. The minimum Gasteiger partial charge on any atom is -0.494 e. The van der Waals surface area contributed by atoms with Gasteiger partial charge in [0.2, 0.25) is 15.9 Å². The zero-order chi connectivity index (χ0) is 21.3. The number of halogens is 2. The number of sulfonamides is 1.